The zero-order valence-electron chi connectivity index (χ0n) is 27.7. The number of aryl methyl sites for hydroxylation is 1. The van der Waals surface area contributed by atoms with Crippen LogP contribution in [0.5, 0.6) is 5.88 Å². The van der Waals surface area contributed by atoms with Gasteiger partial charge in [0.05, 0.1) is 54.1 Å². The number of pyridine rings is 2. The number of ether oxygens (including phenoxy) is 2. The molecular formula is C35H33F3N8O4. The lowest BCUT2D eigenvalue weighted by molar-refractivity contribution is -0.102. The molecule has 258 valence electrons. The number of esters is 1. The molecule has 1 aliphatic heterocycles. The average Bonchev–Trinajstić information content (AvgIpc) is 3.39. The first kappa shape index (κ1) is 32.8. The van der Waals surface area contributed by atoms with Crippen LogP contribution >= 0.6 is 0 Å². The van der Waals surface area contributed by atoms with Crippen molar-refractivity contribution in [3.63, 3.8) is 0 Å². The first-order valence-electron chi connectivity index (χ1n) is 15.9. The Labute approximate surface area is 284 Å². The molecular weight excluding hydrogens is 653 g/mol. The minimum Gasteiger partial charge on any atom is -0.481 e. The van der Waals surface area contributed by atoms with Crippen LogP contribution in [0.15, 0.2) is 83.3 Å². The molecule has 15 heteroatoms. The van der Waals surface area contributed by atoms with Gasteiger partial charge in [0, 0.05) is 80.4 Å². The third-order valence-corrected chi connectivity index (χ3v) is 9.46. The lowest BCUT2D eigenvalue weighted by atomic mass is 9.85. The molecule has 1 aromatic carbocycles. The van der Waals surface area contributed by atoms with Crippen molar-refractivity contribution in [1.29, 1.82) is 0 Å². The van der Waals surface area contributed by atoms with Crippen LogP contribution in [0.3, 0.4) is 0 Å². The number of hydrogen-bond acceptors (Lipinski definition) is 10. The predicted molar refractivity (Wildman–Crippen MR) is 180 cm³/mol. The van der Waals surface area contributed by atoms with Crippen LogP contribution < -0.4 is 15.3 Å². The molecule has 7 rings (SSSR count). The van der Waals surface area contributed by atoms with Gasteiger partial charge in [-0.25, -0.2) is 24.5 Å². The number of nitrogens with zero attached hydrogens (tertiary/aromatic N) is 8. The van der Waals surface area contributed by atoms with Gasteiger partial charge < -0.3 is 19.3 Å². The van der Waals surface area contributed by atoms with Gasteiger partial charge in [-0.05, 0) is 29.8 Å². The molecule has 2 unspecified atom stereocenters. The Hall–Kier alpha value is -5.73. The third-order valence-electron chi connectivity index (χ3n) is 9.46. The van der Waals surface area contributed by atoms with Gasteiger partial charge in [0.15, 0.2) is 0 Å². The summed E-state index contributed by atoms with van der Waals surface area (Å²) in [6, 6.07) is 8.28. The summed E-state index contributed by atoms with van der Waals surface area (Å²) in [6.07, 6.45) is 4.51. The second-order valence-electron chi connectivity index (χ2n) is 12.2. The van der Waals surface area contributed by atoms with Gasteiger partial charge in [-0.2, -0.15) is 13.2 Å². The van der Waals surface area contributed by atoms with Crippen LogP contribution in [0, 0.1) is 5.92 Å². The molecule has 4 aromatic heterocycles. The molecule has 1 aliphatic carbocycles. The molecule has 0 spiro atoms. The van der Waals surface area contributed by atoms with Crippen LogP contribution in [0.1, 0.15) is 23.3 Å². The number of carbonyl (C=O) groups excluding carboxylic acids is 1. The van der Waals surface area contributed by atoms with Crippen molar-refractivity contribution in [1.82, 2.24) is 34.0 Å². The van der Waals surface area contributed by atoms with Crippen molar-refractivity contribution in [2.75, 3.05) is 45.3 Å². The summed E-state index contributed by atoms with van der Waals surface area (Å²) >= 11 is 0. The highest BCUT2D eigenvalue weighted by molar-refractivity contribution is 6.04. The lowest BCUT2D eigenvalue weighted by Crippen LogP contribution is -2.48. The number of aromatic nitrogens is 6. The van der Waals surface area contributed by atoms with E-state index in [0.29, 0.717) is 46.9 Å². The largest absolute Gasteiger partial charge is 0.481 e. The number of alkyl halides is 3. The van der Waals surface area contributed by atoms with E-state index in [-0.39, 0.29) is 24.4 Å². The van der Waals surface area contributed by atoms with Crippen molar-refractivity contribution >= 4 is 33.9 Å². The highest BCUT2D eigenvalue weighted by atomic mass is 19.4. The van der Waals surface area contributed by atoms with Crippen molar-refractivity contribution < 1.29 is 27.4 Å². The van der Waals surface area contributed by atoms with E-state index in [1.807, 2.05) is 29.2 Å². The number of piperazine rings is 1. The fraction of sp³-hybridized carbons (Fsp3) is 0.314. The minimum atomic E-state index is -4.66. The molecule has 50 heavy (non-hydrogen) atoms. The van der Waals surface area contributed by atoms with E-state index in [4.69, 9.17) is 4.74 Å². The topological polar surface area (TPSA) is 120 Å². The maximum Gasteiger partial charge on any atom is 0.415 e. The minimum absolute atomic E-state index is 0.0805. The van der Waals surface area contributed by atoms with Crippen LogP contribution in [-0.4, -0.2) is 86.5 Å². The monoisotopic (exact) mass is 686 g/mol. The fourth-order valence-corrected chi connectivity index (χ4v) is 6.85. The summed E-state index contributed by atoms with van der Waals surface area (Å²) in [6.45, 7) is 2.82. The molecule has 12 nitrogen and oxygen atoms in total. The van der Waals surface area contributed by atoms with Gasteiger partial charge in [-0.15, -0.1) is 0 Å². The molecule has 1 saturated heterocycles. The maximum absolute atomic E-state index is 15.0. The second kappa shape index (κ2) is 12.6. The number of rotatable bonds is 6. The van der Waals surface area contributed by atoms with E-state index < -0.39 is 35.4 Å². The first-order chi connectivity index (χ1) is 24.0. The van der Waals surface area contributed by atoms with Crippen molar-refractivity contribution in [2.45, 2.75) is 19.1 Å². The Kier molecular flexibility index (Phi) is 8.28. The Morgan fingerprint density at radius 3 is 2.24 bits per heavy atom. The number of carbonyl (C=O) groups is 1. The molecule has 0 radical (unpaired) electrons. The van der Waals surface area contributed by atoms with E-state index in [1.54, 1.807) is 36.5 Å². The molecule has 0 saturated carbocycles. The van der Waals surface area contributed by atoms with Crippen molar-refractivity contribution in [2.24, 2.45) is 13.0 Å². The van der Waals surface area contributed by atoms with E-state index in [2.05, 4.69) is 24.7 Å². The summed E-state index contributed by atoms with van der Waals surface area (Å²) in [4.78, 5) is 46.6. The number of anilines is 1. The summed E-state index contributed by atoms with van der Waals surface area (Å²) in [7, 11) is 4.39. The number of benzene rings is 1. The normalized spacial score (nSPS) is 18.3. The smallest absolute Gasteiger partial charge is 0.415 e. The van der Waals surface area contributed by atoms with Gasteiger partial charge in [-0.3, -0.25) is 14.1 Å². The molecule has 2 atom stereocenters. The summed E-state index contributed by atoms with van der Waals surface area (Å²) in [5.74, 6) is -0.818. The Morgan fingerprint density at radius 1 is 0.900 bits per heavy atom. The van der Waals surface area contributed by atoms with Gasteiger partial charge in [-0.1, -0.05) is 19.1 Å². The summed E-state index contributed by atoms with van der Waals surface area (Å²) < 4.78 is 57.8. The first-order valence-corrected chi connectivity index (χ1v) is 15.9. The van der Waals surface area contributed by atoms with Gasteiger partial charge in [0.25, 0.3) is 0 Å². The fourth-order valence-electron chi connectivity index (χ4n) is 6.85. The van der Waals surface area contributed by atoms with Gasteiger partial charge in [0.2, 0.25) is 11.8 Å². The quantitative estimate of drug-likeness (QED) is 0.228. The summed E-state index contributed by atoms with van der Waals surface area (Å²) in [5, 5.41) is 0.635. The van der Waals surface area contributed by atoms with Crippen molar-refractivity contribution in [3.8, 4) is 17.0 Å². The number of imidazole rings is 1. The molecule has 5 aromatic rings. The SMILES string of the molecule is COC(=O)c1cnc(N2CCN(C3=C(C(F)(F)F)C(C)C(n4c(=O)n(C)c5cnc6ccc(-c7ccc(OC)nc7)cc6c54)C=C3)CC2)nc1. The van der Waals surface area contributed by atoms with E-state index in [1.165, 1.54) is 48.7 Å². The van der Waals surface area contributed by atoms with Gasteiger partial charge in [0.1, 0.15) is 0 Å². The third kappa shape index (κ3) is 5.61. The van der Waals surface area contributed by atoms with Crippen molar-refractivity contribution in [3.05, 3.63) is 94.6 Å². The molecule has 0 bridgehead atoms. The highest BCUT2D eigenvalue weighted by Gasteiger charge is 2.45. The summed E-state index contributed by atoms with van der Waals surface area (Å²) in [5.41, 5.74) is 2.37. The molecule has 1 fully saturated rings. The standard InChI is InChI=1S/C35H33F3N8O4/c1-20-26(8-9-27(30(20)35(36,37)38)44-11-13-45(14-12-44)33-41-17-23(18-42-33)32(47)50-4)46-31-24-15-21(22-6-10-29(49-3)40-16-22)5-7-25(24)39-19-28(31)43(2)34(46)48/h5-10,15-20,26H,11-14H2,1-4H3. The molecule has 2 aliphatic rings. The zero-order chi connectivity index (χ0) is 35.3. The lowest BCUT2D eigenvalue weighted by Gasteiger charge is -2.40. The maximum atomic E-state index is 15.0. The second-order valence-corrected chi connectivity index (χ2v) is 12.2. The van der Waals surface area contributed by atoms with Crippen LogP contribution in [0.4, 0.5) is 19.1 Å². The Morgan fingerprint density at radius 2 is 1.60 bits per heavy atom. The Balaban J connectivity index is 1.23. The van der Waals surface area contributed by atoms with Crippen LogP contribution in [0.2, 0.25) is 0 Å². The number of hydrogen-bond donors (Lipinski definition) is 0. The van der Waals surface area contributed by atoms with Gasteiger partial charge >= 0.3 is 17.8 Å². The Bertz CT molecular complexity index is 2220. The number of allylic oxidation sites excluding steroid dienone is 3. The predicted octanol–water partition coefficient (Wildman–Crippen LogP) is 4.92. The van der Waals surface area contributed by atoms with Crippen LogP contribution in [0.25, 0.3) is 33.1 Å². The zero-order valence-corrected chi connectivity index (χ0v) is 27.7. The van der Waals surface area contributed by atoms with E-state index in [0.717, 1.165) is 11.1 Å². The number of fused-ring (bicyclic) bond motifs is 3. The molecule has 5 heterocycles. The number of halogens is 3. The van der Waals surface area contributed by atoms with Crippen LogP contribution in [-0.2, 0) is 11.8 Å². The van der Waals surface area contributed by atoms with E-state index in [9.17, 15) is 9.59 Å². The number of methoxy groups -OCH3 is 2. The molecule has 0 amide bonds. The average molecular weight is 687 g/mol. The van der Waals surface area contributed by atoms with E-state index >= 15 is 13.2 Å². The highest BCUT2D eigenvalue weighted by Crippen LogP contribution is 2.44. The molecule has 0 N–H and O–H groups in total.